The highest BCUT2D eigenvalue weighted by Crippen LogP contribution is 2.15. The summed E-state index contributed by atoms with van der Waals surface area (Å²) in [4.78, 5) is 15.8. The van der Waals surface area contributed by atoms with Gasteiger partial charge in [0.05, 0.1) is 38.5 Å². The molecule has 0 aromatic carbocycles. The zero-order valence-electron chi connectivity index (χ0n) is 11.4. The second kappa shape index (κ2) is 5.78. The number of nitrogens with one attached hydrogen (secondary N) is 1. The number of carbonyl (C=O) groups excluding carboxylic acids is 1. The maximum atomic E-state index is 12.2. The second-order valence-electron chi connectivity index (χ2n) is 5.76. The monoisotopic (exact) mass is 263 g/mol. The average Bonchev–Trinajstić information content (AvgIpc) is 3.02. The Kier molecular flexibility index (Phi) is 3.87. The third-order valence-corrected chi connectivity index (χ3v) is 4.61. The highest BCUT2D eigenvalue weighted by molar-refractivity contribution is 5.91. The fourth-order valence-electron chi connectivity index (χ4n) is 3.47. The molecule has 4 nitrogen and oxygen atoms in total. The van der Waals surface area contributed by atoms with Gasteiger partial charge < -0.3 is 14.2 Å². The zero-order chi connectivity index (χ0) is 13.1. The summed E-state index contributed by atoms with van der Waals surface area (Å²) in [5.74, 6) is 0.522. The molecule has 0 unspecified atom stereocenters. The summed E-state index contributed by atoms with van der Waals surface area (Å²) in [6.07, 6.45) is 8.51. The van der Waals surface area contributed by atoms with E-state index in [-0.39, 0.29) is 5.91 Å². The van der Waals surface area contributed by atoms with E-state index in [0.717, 1.165) is 32.2 Å². The highest BCUT2D eigenvalue weighted by Gasteiger charge is 2.30. The van der Waals surface area contributed by atoms with Crippen molar-refractivity contribution in [1.82, 2.24) is 4.90 Å². The van der Waals surface area contributed by atoms with Gasteiger partial charge in [-0.05, 0) is 37.8 Å². The molecule has 2 fully saturated rings. The molecule has 104 valence electrons. The minimum atomic E-state index is 0.0488. The standard InChI is InChI=1S/C15H22N2O2/c18-15(14-7-4-12-19-14)17-10-8-16(9-11-17)13-5-2-1-3-6-13/h4,7,12-13H,1-3,5-6,8-11H2/p+1. The summed E-state index contributed by atoms with van der Waals surface area (Å²) in [5.41, 5.74) is 0. The van der Waals surface area contributed by atoms with Gasteiger partial charge in [-0.1, -0.05) is 6.42 Å². The van der Waals surface area contributed by atoms with Crippen LogP contribution in [0.25, 0.3) is 0 Å². The summed E-state index contributed by atoms with van der Waals surface area (Å²) in [7, 11) is 0. The van der Waals surface area contributed by atoms with Crippen molar-refractivity contribution in [1.29, 1.82) is 0 Å². The molecule has 2 aliphatic rings. The van der Waals surface area contributed by atoms with Crippen molar-refractivity contribution in [2.75, 3.05) is 26.2 Å². The zero-order valence-corrected chi connectivity index (χ0v) is 11.4. The molecule has 19 heavy (non-hydrogen) atoms. The van der Waals surface area contributed by atoms with Crippen LogP contribution >= 0.6 is 0 Å². The highest BCUT2D eigenvalue weighted by atomic mass is 16.3. The van der Waals surface area contributed by atoms with Gasteiger partial charge in [0.15, 0.2) is 5.76 Å². The molecule has 0 bridgehead atoms. The lowest BCUT2D eigenvalue weighted by Crippen LogP contribution is -3.18. The van der Waals surface area contributed by atoms with Gasteiger partial charge in [0.25, 0.3) is 5.91 Å². The Morgan fingerprint density at radius 2 is 1.95 bits per heavy atom. The molecule has 0 radical (unpaired) electrons. The third kappa shape index (κ3) is 2.84. The quantitative estimate of drug-likeness (QED) is 0.863. The number of hydrogen-bond acceptors (Lipinski definition) is 2. The number of furan rings is 1. The molecular formula is C15H23N2O2+. The van der Waals surface area contributed by atoms with Gasteiger partial charge in [0.1, 0.15) is 0 Å². The summed E-state index contributed by atoms with van der Waals surface area (Å²) in [6.45, 7) is 3.92. The van der Waals surface area contributed by atoms with Gasteiger partial charge in [0, 0.05) is 0 Å². The first-order valence-corrected chi connectivity index (χ1v) is 7.52. The van der Waals surface area contributed by atoms with Gasteiger partial charge in [0.2, 0.25) is 0 Å². The van der Waals surface area contributed by atoms with Crippen molar-refractivity contribution in [3.05, 3.63) is 24.2 Å². The van der Waals surface area contributed by atoms with Gasteiger partial charge in [-0.15, -0.1) is 0 Å². The van der Waals surface area contributed by atoms with Gasteiger partial charge in [-0.2, -0.15) is 0 Å². The Labute approximate surface area is 114 Å². The molecule has 1 N–H and O–H groups in total. The van der Waals surface area contributed by atoms with E-state index in [4.69, 9.17) is 4.42 Å². The average molecular weight is 263 g/mol. The van der Waals surface area contributed by atoms with Crippen molar-refractivity contribution >= 4 is 5.91 Å². The number of carbonyl (C=O) groups is 1. The minimum absolute atomic E-state index is 0.0488. The molecule has 1 aliphatic carbocycles. The minimum Gasteiger partial charge on any atom is -0.459 e. The number of hydrogen-bond donors (Lipinski definition) is 1. The molecule has 0 atom stereocenters. The lowest BCUT2D eigenvalue weighted by molar-refractivity contribution is -0.930. The SMILES string of the molecule is O=C(c1ccco1)N1CC[NH+](C2CCCCC2)CC1. The molecule has 3 rings (SSSR count). The fourth-order valence-corrected chi connectivity index (χ4v) is 3.47. The van der Waals surface area contributed by atoms with Crippen LogP contribution in [0.5, 0.6) is 0 Å². The van der Waals surface area contributed by atoms with E-state index in [0.29, 0.717) is 5.76 Å². The lowest BCUT2D eigenvalue weighted by atomic mass is 9.94. The van der Waals surface area contributed by atoms with E-state index in [1.165, 1.54) is 32.1 Å². The van der Waals surface area contributed by atoms with Crippen molar-refractivity contribution in [2.45, 2.75) is 38.1 Å². The largest absolute Gasteiger partial charge is 0.459 e. The number of rotatable bonds is 2. The molecule has 0 spiro atoms. The maximum absolute atomic E-state index is 12.2. The van der Waals surface area contributed by atoms with Crippen LogP contribution < -0.4 is 4.90 Å². The summed E-state index contributed by atoms with van der Waals surface area (Å²) >= 11 is 0. The van der Waals surface area contributed by atoms with Crippen molar-refractivity contribution in [3.63, 3.8) is 0 Å². The number of piperazine rings is 1. The summed E-state index contributed by atoms with van der Waals surface area (Å²) in [5, 5.41) is 0. The number of nitrogens with zero attached hydrogens (tertiary/aromatic N) is 1. The fraction of sp³-hybridized carbons (Fsp3) is 0.667. The first kappa shape index (κ1) is 12.7. The van der Waals surface area contributed by atoms with Crippen LogP contribution in [0.4, 0.5) is 0 Å². The normalized spacial score (nSPS) is 22.6. The topological polar surface area (TPSA) is 37.9 Å². The predicted molar refractivity (Wildman–Crippen MR) is 72.2 cm³/mol. The van der Waals surface area contributed by atoms with E-state index < -0.39 is 0 Å². The van der Waals surface area contributed by atoms with E-state index >= 15 is 0 Å². The van der Waals surface area contributed by atoms with Crippen molar-refractivity contribution in [2.24, 2.45) is 0 Å². The molecular weight excluding hydrogens is 240 g/mol. The molecule has 1 saturated carbocycles. The van der Waals surface area contributed by atoms with Gasteiger partial charge in [-0.3, -0.25) is 4.79 Å². The molecule has 4 heteroatoms. The molecule has 2 heterocycles. The van der Waals surface area contributed by atoms with Crippen LogP contribution in [-0.2, 0) is 0 Å². The third-order valence-electron chi connectivity index (χ3n) is 4.61. The van der Waals surface area contributed by atoms with Crippen LogP contribution in [-0.4, -0.2) is 43.0 Å². The molecule has 1 aliphatic heterocycles. The first-order valence-electron chi connectivity index (χ1n) is 7.52. The molecule has 1 saturated heterocycles. The Bertz CT molecular complexity index is 402. The Hall–Kier alpha value is -1.29. The second-order valence-corrected chi connectivity index (χ2v) is 5.76. The first-order chi connectivity index (χ1) is 9.34. The van der Waals surface area contributed by atoms with Crippen molar-refractivity contribution < 1.29 is 14.1 Å². The summed E-state index contributed by atoms with van der Waals surface area (Å²) < 4.78 is 5.19. The van der Waals surface area contributed by atoms with Crippen LogP contribution in [0.1, 0.15) is 42.7 Å². The van der Waals surface area contributed by atoms with E-state index in [2.05, 4.69) is 0 Å². The predicted octanol–water partition coefficient (Wildman–Crippen LogP) is 0.953. The lowest BCUT2D eigenvalue weighted by Gasteiger charge is -2.37. The van der Waals surface area contributed by atoms with Crippen LogP contribution in [0.15, 0.2) is 22.8 Å². The number of amides is 1. The Morgan fingerprint density at radius 1 is 1.21 bits per heavy atom. The smallest absolute Gasteiger partial charge is 0.289 e. The van der Waals surface area contributed by atoms with Crippen LogP contribution in [0.3, 0.4) is 0 Å². The van der Waals surface area contributed by atoms with Crippen molar-refractivity contribution in [3.8, 4) is 0 Å². The Balaban J connectivity index is 1.53. The molecule has 1 aromatic rings. The van der Waals surface area contributed by atoms with Gasteiger partial charge in [-0.25, -0.2) is 0 Å². The summed E-state index contributed by atoms with van der Waals surface area (Å²) in [6, 6.07) is 4.37. The van der Waals surface area contributed by atoms with E-state index in [1.54, 1.807) is 23.3 Å². The number of quaternary nitrogens is 1. The van der Waals surface area contributed by atoms with E-state index in [1.807, 2.05) is 4.90 Å². The molecule has 1 amide bonds. The Morgan fingerprint density at radius 3 is 2.58 bits per heavy atom. The molecule has 1 aromatic heterocycles. The van der Waals surface area contributed by atoms with Crippen LogP contribution in [0, 0.1) is 0 Å². The maximum Gasteiger partial charge on any atom is 0.289 e. The van der Waals surface area contributed by atoms with Crippen LogP contribution in [0.2, 0.25) is 0 Å². The van der Waals surface area contributed by atoms with E-state index in [9.17, 15) is 4.79 Å². The van der Waals surface area contributed by atoms with Gasteiger partial charge >= 0.3 is 0 Å².